The SMILES string of the molecule is CC1(CNC(=O)OC[C@@H]2CNC[C@@H](CCc3c(F)cncc3NC(=O)C(N)C(c3ccc(F)cc3)c3ccc(F)cc3)O2)CCCO1. The van der Waals surface area contributed by atoms with E-state index in [2.05, 4.69) is 20.9 Å². The highest BCUT2D eigenvalue weighted by atomic mass is 19.1. The molecule has 3 heterocycles. The molecular formula is C34H40F3N5O5. The van der Waals surface area contributed by atoms with E-state index in [1.54, 1.807) is 0 Å². The molecule has 1 aromatic heterocycles. The third-order valence-electron chi connectivity index (χ3n) is 8.54. The lowest BCUT2D eigenvalue weighted by atomic mass is 9.85. The molecule has 4 atom stereocenters. The van der Waals surface area contributed by atoms with Gasteiger partial charge in [-0.05, 0) is 68.0 Å². The lowest BCUT2D eigenvalue weighted by Gasteiger charge is -2.31. The van der Waals surface area contributed by atoms with E-state index in [4.69, 9.17) is 19.9 Å². The van der Waals surface area contributed by atoms with Crippen LogP contribution in [0.3, 0.4) is 0 Å². The molecule has 2 unspecified atom stereocenters. The van der Waals surface area contributed by atoms with E-state index < -0.39 is 47.5 Å². The molecule has 2 aliphatic heterocycles. The molecule has 2 amide bonds. The molecule has 2 fully saturated rings. The molecule has 5 N–H and O–H groups in total. The summed E-state index contributed by atoms with van der Waals surface area (Å²) in [6.07, 6.45) is 3.58. The van der Waals surface area contributed by atoms with Gasteiger partial charge in [0.15, 0.2) is 0 Å². The smallest absolute Gasteiger partial charge is 0.407 e. The number of hydrogen-bond acceptors (Lipinski definition) is 8. The molecule has 2 saturated heterocycles. The van der Waals surface area contributed by atoms with Gasteiger partial charge >= 0.3 is 6.09 Å². The van der Waals surface area contributed by atoms with Crippen LogP contribution in [0.15, 0.2) is 60.9 Å². The zero-order chi connectivity index (χ0) is 33.4. The number of carbonyl (C=O) groups is 2. The number of benzene rings is 2. The van der Waals surface area contributed by atoms with Crippen LogP contribution in [0.5, 0.6) is 0 Å². The maximum Gasteiger partial charge on any atom is 0.407 e. The van der Waals surface area contributed by atoms with Crippen molar-refractivity contribution in [3.63, 3.8) is 0 Å². The van der Waals surface area contributed by atoms with E-state index in [1.165, 1.54) is 54.7 Å². The number of rotatable bonds is 12. The summed E-state index contributed by atoms with van der Waals surface area (Å²) in [4.78, 5) is 29.6. The fraction of sp³-hybridized carbons (Fsp3) is 0.441. The summed E-state index contributed by atoms with van der Waals surface area (Å²) < 4.78 is 59.6. The van der Waals surface area contributed by atoms with E-state index in [0.29, 0.717) is 43.8 Å². The van der Waals surface area contributed by atoms with Gasteiger partial charge in [0, 0.05) is 37.7 Å². The van der Waals surface area contributed by atoms with Crippen LogP contribution in [0.1, 0.15) is 48.8 Å². The highest BCUT2D eigenvalue weighted by Gasteiger charge is 2.31. The summed E-state index contributed by atoms with van der Waals surface area (Å²) in [5, 5.41) is 8.72. The van der Waals surface area contributed by atoms with Crippen molar-refractivity contribution < 1.29 is 37.0 Å². The number of alkyl carbamates (subject to hydrolysis) is 1. The molecule has 252 valence electrons. The second kappa shape index (κ2) is 15.7. The minimum Gasteiger partial charge on any atom is -0.447 e. The first-order valence-electron chi connectivity index (χ1n) is 15.7. The van der Waals surface area contributed by atoms with E-state index in [1.807, 2.05) is 6.92 Å². The second-order valence-electron chi connectivity index (χ2n) is 12.2. The number of nitrogens with two attached hydrogens (primary N) is 1. The van der Waals surface area contributed by atoms with Gasteiger partial charge in [-0.25, -0.2) is 18.0 Å². The van der Waals surface area contributed by atoms with Gasteiger partial charge in [0.05, 0.1) is 35.8 Å². The number of hydrogen-bond donors (Lipinski definition) is 4. The Balaban J connectivity index is 1.18. The Labute approximate surface area is 271 Å². The van der Waals surface area contributed by atoms with E-state index in [0.717, 1.165) is 19.0 Å². The molecule has 0 radical (unpaired) electrons. The maximum atomic E-state index is 15.1. The Bertz CT molecular complexity index is 1460. The maximum absolute atomic E-state index is 15.1. The van der Waals surface area contributed by atoms with Crippen LogP contribution in [0.25, 0.3) is 0 Å². The van der Waals surface area contributed by atoms with Crippen LogP contribution in [0.4, 0.5) is 23.7 Å². The van der Waals surface area contributed by atoms with E-state index in [-0.39, 0.29) is 36.0 Å². The molecule has 0 saturated carbocycles. The van der Waals surface area contributed by atoms with Crippen LogP contribution in [0, 0.1) is 17.5 Å². The quantitative estimate of drug-likeness (QED) is 0.228. The average Bonchev–Trinajstić information content (AvgIpc) is 3.51. The van der Waals surface area contributed by atoms with Gasteiger partial charge in [-0.2, -0.15) is 0 Å². The minimum atomic E-state index is -1.19. The van der Waals surface area contributed by atoms with Crippen molar-refractivity contribution in [3.05, 3.63) is 95.1 Å². The molecule has 2 aliphatic rings. The van der Waals surface area contributed by atoms with Gasteiger partial charge in [0.25, 0.3) is 0 Å². The standard InChI is InChI=1S/C34H40F3N5O5/c1-34(13-2-14-46-34)20-41-33(44)45-19-26-16-39-15-25(47-26)11-12-27-28(37)17-40-18-29(27)42-32(43)31(38)30(21-3-7-23(35)8-4-21)22-5-9-24(36)10-6-22/h3-10,17-18,25-26,30-31,39H,2,11-16,19-20,38H2,1H3,(H,41,44)(H,42,43)/t25-,26+,31?,34?/m1/s1. The van der Waals surface area contributed by atoms with Gasteiger partial charge in [-0.3, -0.25) is 9.78 Å². The summed E-state index contributed by atoms with van der Waals surface area (Å²) in [5.74, 6) is -2.90. The Morgan fingerprint density at radius 3 is 2.34 bits per heavy atom. The number of amides is 2. The zero-order valence-electron chi connectivity index (χ0n) is 26.1. The van der Waals surface area contributed by atoms with Crippen LogP contribution in [-0.4, -0.2) is 73.7 Å². The zero-order valence-corrected chi connectivity index (χ0v) is 26.1. The summed E-state index contributed by atoms with van der Waals surface area (Å²) >= 11 is 0. The third-order valence-corrected chi connectivity index (χ3v) is 8.54. The second-order valence-corrected chi connectivity index (χ2v) is 12.2. The van der Waals surface area contributed by atoms with Crippen LogP contribution in [-0.2, 0) is 25.4 Å². The summed E-state index contributed by atoms with van der Waals surface area (Å²) in [5.41, 5.74) is 7.56. The normalized spacial score (nSPS) is 21.7. The number of carbonyl (C=O) groups excluding carboxylic acids is 2. The molecule has 0 bridgehead atoms. The Kier molecular flexibility index (Phi) is 11.5. The van der Waals surface area contributed by atoms with E-state index in [9.17, 15) is 18.4 Å². The minimum absolute atomic E-state index is 0.0407. The van der Waals surface area contributed by atoms with Crippen molar-refractivity contribution in [2.75, 3.05) is 38.2 Å². The van der Waals surface area contributed by atoms with Crippen molar-refractivity contribution in [2.24, 2.45) is 5.73 Å². The number of nitrogens with zero attached hydrogens (tertiary/aromatic N) is 1. The molecule has 13 heteroatoms. The molecule has 2 aromatic carbocycles. The van der Waals surface area contributed by atoms with Crippen LogP contribution < -0.4 is 21.7 Å². The Morgan fingerprint density at radius 2 is 1.70 bits per heavy atom. The molecule has 0 spiro atoms. The molecule has 3 aromatic rings. The summed E-state index contributed by atoms with van der Waals surface area (Å²) in [6, 6.07) is 9.88. The summed E-state index contributed by atoms with van der Waals surface area (Å²) in [7, 11) is 0. The molecular weight excluding hydrogens is 615 g/mol. The lowest BCUT2D eigenvalue weighted by molar-refractivity contribution is -0.117. The lowest BCUT2D eigenvalue weighted by Crippen LogP contribution is -2.48. The number of nitrogens with one attached hydrogen (secondary N) is 3. The number of pyridine rings is 1. The monoisotopic (exact) mass is 655 g/mol. The number of morpholine rings is 1. The fourth-order valence-corrected chi connectivity index (χ4v) is 5.94. The Morgan fingerprint density at radius 1 is 1.04 bits per heavy atom. The highest BCUT2D eigenvalue weighted by molar-refractivity contribution is 5.96. The molecule has 5 rings (SSSR count). The summed E-state index contributed by atoms with van der Waals surface area (Å²) in [6.45, 7) is 4.02. The predicted molar refractivity (Wildman–Crippen MR) is 168 cm³/mol. The van der Waals surface area contributed by atoms with Crippen LogP contribution >= 0.6 is 0 Å². The first-order chi connectivity index (χ1) is 22.6. The van der Waals surface area contributed by atoms with Crippen LogP contribution in [0.2, 0.25) is 0 Å². The molecule has 10 nitrogen and oxygen atoms in total. The van der Waals surface area contributed by atoms with Crippen molar-refractivity contribution in [3.8, 4) is 0 Å². The van der Waals surface area contributed by atoms with Gasteiger partial charge < -0.3 is 35.9 Å². The largest absolute Gasteiger partial charge is 0.447 e. The fourth-order valence-electron chi connectivity index (χ4n) is 5.94. The van der Waals surface area contributed by atoms with Crippen molar-refractivity contribution in [1.82, 2.24) is 15.6 Å². The van der Waals surface area contributed by atoms with Gasteiger partial charge in [-0.1, -0.05) is 24.3 Å². The predicted octanol–water partition coefficient (Wildman–Crippen LogP) is 4.18. The molecule has 0 aliphatic carbocycles. The van der Waals surface area contributed by atoms with Gasteiger partial charge in [0.1, 0.15) is 30.2 Å². The van der Waals surface area contributed by atoms with Gasteiger partial charge in [0.2, 0.25) is 5.91 Å². The number of halogens is 3. The van der Waals surface area contributed by atoms with E-state index >= 15 is 4.39 Å². The number of ether oxygens (including phenoxy) is 3. The number of aromatic nitrogens is 1. The van der Waals surface area contributed by atoms with Crippen molar-refractivity contribution >= 4 is 17.7 Å². The first-order valence-corrected chi connectivity index (χ1v) is 15.7. The third kappa shape index (κ3) is 9.28. The topological polar surface area (TPSA) is 137 Å². The average molecular weight is 656 g/mol. The van der Waals surface area contributed by atoms with Crippen molar-refractivity contribution in [2.45, 2.75) is 62.4 Å². The first kappa shape index (κ1) is 34.3. The molecule has 47 heavy (non-hydrogen) atoms. The Hall–Kier alpha value is -4.04. The van der Waals surface area contributed by atoms with Crippen molar-refractivity contribution in [1.29, 1.82) is 0 Å². The van der Waals surface area contributed by atoms with Gasteiger partial charge in [-0.15, -0.1) is 0 Å². The number of anilines is 1. The highest BCUT2D eigenvalue weighted by Crippen LogP contribution is 2.30.